The minimum atomic E-state index is -0.987. The topological polar surface area (TPSA) is 90.4 Å². The van der Waals surface area contributed by atoms with Gasteiger partial charge in [0.25, 0.3) is 0 Å². The van der Waals surface area contributed by atoms with Crippen molar-refractivity contribution >= 4 is 17.7 Å². The second-order valence-corrected chi connectivity index (χ2v) is 12.1. The summed E-state index contributed by atoms with van der Waals surface area (Å²) in [7, 11) is 1.75. The number of likely N-dealkylation sites (N-methyl/N-ethyl adjacent to an activating group) is 1. The summed E-state index contributed by atoms with van der Waals surface area (Å²) in [6.07, 6.45) is 13.9. The third kappa shape index (κ3) is 5.19. The Balaban J connectivity index is 1.72. The van der Waals surface area contributed by atoms with E-state index < -0.39 is 29.1 Å². The fraction of sp³-hybridized carbons (Fsp3) is 0.774. The number of carbonyl (C=O) groups is 3. The maximum Gasteiger partial charge on any atom is 0.248 e. The summed E-state index contributed by atoms with van der Waals surface area (Å²) in [4.78, 5) is 48.2. The lowest BCUT2D eigenvalue weighted by Gasteiger charge is -2.41. The van der Waals surface area contributed by atoms with Crippen molar-refractivity contribution in [2.24, 2.45) is 11.8 Å². The van der Waals surface area contributed by atoms with Gasteiger partial charge in [-0.3, -0.25) is 14.4 Å². The molecule has 3 amide bonds. The van der Waals surface area contributed by atoms with Crippen molar-refractivity contribution in [3.05, 3.63) is 25.3 Å². The molecular formula is C31H49N3O5. The summed E-state index contributed by atoms with van der Waals surface area (Å²) in [5, 5.41) is 9.18. The van der Waals surface area contributed by atoms with E-state index in [0.717, 1.165) is 51.4 Å². The summed E-state index contributed by atoms with van der Waals surface area (Å²) < 4.78 is 6.94. The third-order valence-electron chi connectivity index (χ3n) is 9.89. The third-order valence-corrected chi connectivity index (χ3v) is 9.89. The molecule has 3 saturated heterocycles. The zero-order chi connectivity index (χ0) is 28.2. The average Bonchev–Trinajstić information content (AvgIpc) is 3.55. The number of likely N-dealkylation sites (tertiary alicyclic amines) is 1. The second kappa shape index (κ2) is 12.5. The van der Waals surface area contributed by atoms with Crippen molar-refractivity contribution in [2.75, 3.05) is 33.3 Å². The van der Waals surface area contributed by atoms with Crippen LogP contribution < -0.4 is 0 Å². The number of hydrogen-bond donors (Lipinski definition) is 1. The van der Waals surface area contributed by atoms with Gasteiger partial charge in [-0.1, -0.05) is 51.2 Å². The highest BCUT2D eigenvalue weighted by Crippen LogP contribution is 2.64. The molecule has 1 spiro atoms. The molecule has 4 rings (SSSR count). The van der Waals surface area contributed by atoms with E-state index in [4.69, 9.17) is 4.74 Å². The molecule has 2 bridgehead atoms. The van der Waals surface area contributed by atoms with Gasteiger partial charge in [-0.2, -0.15) is 0 Å². The lowest BCUT2D eigenvalue weighted by molar-refractivity contribution is -0.156. The summed E-state index contributed by atoms with van der Waals surface area (Å²) in [5.74, 6) is -1.52. The van der Waals surface area contributed by atoms with Crippen LogP contribution >= 0.6 is 0 Å². The maximum atomic E-state index is 14.6. The molecule has 8 heteroatoms. The molecule has 0 aromatic carbocycles. The van der Waals surface area contributed by atoms with Gasteiger partial charge in [0.2, 0.25) is 17.7 Å². The molecule has 2 unspecified atom stereocenters. The maximum absolute atomic E-state index is 14.6. The zero-order valence-electron chi connectivity index (χ0n) is 24.1. The number of carbonyl (C=O) groups excluding carboxylic acids is 3. The fourth-order valence-corrected chi connectivity index (χ4v) is 7.99. The van der Waals surface area contributed by atoms with Crippen LogP contribution in [0.3, 0.4) is 0 Å². The number of unbranched alkanes of at least 4 members (excludes halogenated alkanes) is 3. The van der Waals surface area contributed by atoms with Crippen LogP contribution in [0.5, 0.6) is 0 Å². The molecule has 0 radical (unpaired) electrons. The van der Waals surface area contributed by atoms with Crippen LogP contribution in [0, 0.1) is 11.8 Å². The highest BCUT2D eigenvalue weighted by atomic mass is 16.5. The van der Waals surface area contributed by atoms with Crippen LogP contribution in [0.2, 0.25) is 0 Å². The Morgan fingerprint density at radius 1 is 1.05 bits per heavy atom. The molecule has 3 aliphatic heterocycles. The molecule has 4 aliphatic rings. The first-order chi connectivity index (χ1) is 18.8. The number of fused-ring (bicyclic) bond motifs is 1. The van der Waals surface area contributed by atoms with Gasteiger partial charge < -0.3 is 24.5 Å². The monoisotopic (exact) mass is 543 g/mol. The van der Waals surface area contributed by atoms with Gasteiger partial charge in [-0.05, 0) is 44.9 Å². The Morgan fingerprint density at radius 2 is 1.74 bits per heavy atom. The van der Waals surface area contributed by atoms with E-state index in [0.29, 0.717) is 38.9 Å². The number of ether oxygens (including phenoxy) is 1. The minimum absolute atomic E-state index is 0.0487. The average molecular weight is 544 g/mol. The van der Waals surface area contributed by atoms with E-state index in [9.17, 15) is 19.5 Å². The molecule has 0 aromatic heterocycles. The Morgan fingerprint density at radius 3 is 2.38 bits per heavy atom. The van der Waals surface area contributed by atoms with Gasteiger partial charge in [-0.25, -0.2) is 0 Å². The van der Waals surface area contributed by atoms with E-state index in [2.05, 4.69) is 13.2 Å². The Labute approximate surface area is 234 Å². The quantitative estimate of drug-likeness (QED) is 0.267. The van der Waals surface area contributed by atoms with Gasteiger partial charge in [-0.15, -0.1) is 13.2 Å². The smallest absolute Gasteiger partial charge is 0.248 e. The van der Waals surface area contributed by atoms with Gasteiger partial charge in [0.15, 0.2) is 0 Å². The predicted octanol–water partition coefficient (Wildman–Crippen LogP) is 3.69. The van der Waals surface area contributed by atoms with Crippen LogP contribution in [0.4, 0.5) is 0 Å². The molecule has 0 aromatic rings. The highest BCUT2D eigenvalue weighted by molar-refractivity contribution is 5.99. The zero-order valence-corrected chi connectivity index (χ0v) is 24.1. The molecule has 39 heavy (non-hydrogen) atoms. The molecule has 3 heterocycles. The number of aliphatic hydroxyl groups excluding tert-OH is 1. The SMILES string of the molecule is C=CCN(C)C(=O)[C@H]1[C@H]2C(=O)N(CCCCCCO)C(C(=O)N(CC=C)C3CCCCC3)C23CC[C@]1(CC)O3. The lowest BCUT2D eigenvalue weighted by atomic mass is 9.64. The van der Waals surface area contributed by atoms with Crippen molar-refractivity contribution in [3.8, 4) is 0 Å². The number of aliphatic hydroxyl groups is 1. The summed E-state index contributed by atoms with van der Waals surface area (Å²) >= 11 is 0. The van der Waals surface area contributed by atoms with E-state index >= 15 is 0 Å². The van der Waals surface area contributed by atoms with Crippen molar-refractivity contribution < 1.29 is 24.2 Å². The van der Waals surface area contributed by atoms with Crippen molar-refractivity contribution in [3.63, 3.8) is 0 Å². The first-order valence-electron chi connectivity index (χ1n) is 15.2. The second-order valence-electron chi connectivity index (χ2n) is 12.1. The molecule has 1 N–H and O–H groups in total. The summed E-state index contributed by atoms with van der Waals surface area (Å²) in [5.41, 5.74) is -1.72. The van der Waals surface area contributed by atoms with Crippen LogP contribution in [0.1, 0.15) is 84.0 Å². The van der Waals surface area contributed by atoms with E-state index in [1.54, 1.807) is 29.0 Å². The predicted molar refractivity (Wildman–Crippen MR) is 151 cm³/mol. The van der Waals surface area contributed by atoms with Crippen molar-refractivity contribution in [1.82, 2.24) is 14.7 Å². The molecule has 5 atom stereocenters. The van der Waals surface area contributed by atoms with Crippen molar-refractivity contribution in [1.29, 1.82) is 0 Å². The number of amides is 3. The number of nitrogens with zero attached hydrogens (tertiary/aromatic N) is 3. The highest BCUT2D eigenvalue weighted by Gasteiger charge is 2.79. The Kier molecular flexibility index (Phi) is 9.58. The van der Waals surface area contributed by atoms with Crippen LogP contribution in [0.15, 0.2) is 25.3 Å². The van der Waals surface area contributed by atoms with E-state index in [1.165, 1.54) is 6.42 Å². The number of hydrogen-bond acceptors (Lipinski definition) is 5. The van der Waals surface area contributed by atoms with Gasteiger partial charge in [0.1, 0.15) is 11.6 Å². The van der Waals surface area contributed by atoms with Crippen LogP contribution in [-0.4, -0.2) is 94.1 Å². The molecule has 8 nitrogen and oxygen atoms in total. The molecule has 218 valence electrons. The molecule has 1 saturated carbocycles. The number of rotatable bonds is 14. The molecule has 4 fully saturated rings. The van der Waals surface area contributed by atoms with Gasteiger partial charge in [0.05, 0.1) is 17.4 Å². The Hall–Kier alpha value is -2.19. The first-order valence-corrected chi connectivity index (χ1v) is 15.2. The van der Waals surface area contributed by atoms with Crippen LogP contribution in [-0.2, 0) is 19.1 Å². The largest absolute Gasteiger partial charge is 0.396 e. The van der Waals surface area contributed by atoms with Crippen molar-refractivity contribution in [2.45, 2.75) is 107 Å². The molecule has 1 aliphatic carbocycles. The van der Waals surface area contributed by atoms with E-state index in [1.807, 2.05) is 11.8 Å². The normalized spacial score (nSPS) is 31.8. The standard InChI is InChI=1S/C31H49N3O5/c1-5-19-32(4)27(36)24-25-28(37)34(21-13-8-9-14-22-35)26(31(25)18-17-30(24,7-3)39-31)29(38)33(20-6-2)23-15-11-10-12-16-23/h5-6,23-26,35H,1-2,7-22H2,3-4H3/t24-,25+,26?,30+,31?/m1/s1. The van der Waals surface area contributed by atoms with Gasteiger partial charge >= 0.3 is 0 Å². The summed E-state index contributed by atoms with van der Waals surface area (Å²) in [6, 6.07) is -0.596. The van der Waals surface area contributed by atoms with E-state index in [-0.39, 0.29) is 30.4 Å². The van der Waals surface area contributed by atoms with Gasteiger partial charge in [0, 0.05) is 39.3 Å². The fourth-order valence-electron chi connectivity index (χ4n) is 7.99. The minimum Gasteiger partial charge on any atom is -0.396 e. The summed E-state index contributed by atoms with van der Waals surface area (Å²) in [6.45, 7) is 11.2. The van der Waals surface area contributed by atoms with Crippen LogP contribution in [0.25, 0.3) is 0 Å². The Bertz CT molecular complexity index is 933. The first kappa shape index (κ1) is 29.8. The lowest BCUT2D eigenvalue weighted by Crippen LogP contribution is -2.58. The molecular weight excluding hydrogens is 494 g/mol.